The molecule has 0 aromatic carbocycles. The van der Waals surface area contributed by atoms with E-state index in [-0.39, 0.29) is 0 Å². The van der Waals surface area contributed by atoms with Crippen molar-refractivity contribution in [1.82, 2.24) is 0 Å². The highest BCUT2D eigenvalue weighted by atomic mass is 31.1. The van der Waals surface area contributed by atoms with E-state index in [1.807, 2.05) is 0 Å². The van der Waals surface area contributed by atoms with Gasteiger partial charge < -0.3 is 14.7 Å². The number of rotatable bonds is 5. The largest absolute Gasteiger partial charge is 0.481 e. The zero-order chi connectivity index (χ0) is 9.72. The highest BCUT2D eigenvalue weighted by Crippen LogP contribution is 2.20. The predicted molar refractivity (Wildman–Crippen MR) is 39.7 cm³/mol. The summed E-state index contributed by atoms with van der Waals surface area (Å²) in [6, 6.07) is 0. The van der Waals surface area contributed by atoms with Crippen LogP contribution >= 0.6 is 8.03 Å². The van der Waals surface area contributed by atoms with Gasteiger partial charge in [-0.25, -0.2) is 4.79 Å². The molecular formula is C5H9O6P. The molecule has 2 atom stereocenters. The van der Waals surface area contributed by atoms with Gasteiger partial charge in [0.15, 0.2) is 14.1 Å². The second kappa shape index (κ2) is 4.90. The molecule has 0 saturated heterocycles. The first-order valence-electron chi connectivity index (χ1n) is 3.05. The van der Waals surface area contributed by atoms with E-state index >= 15 is 0 Å². The Balaban J connectivity index is 4.14. The third-order valence-corrected chi connectivity index (χ3v) is 1.56. The van der Waals surface area contributed by atoms with Gasteiger partial charge in [0.25, 0.3) is 0 Å². The normalized spacial score (nSPS) is 15.1. The Morgan fingerprint density at radius 2 is 2.00 bits per heavy atom. The monoisotopic (exact) mass is 196 g/mol. The third kappa shape index (κ3) is 4.87. The highest BCUT2D eigenvalue weighted by molar-refractivity contribution is 7.38. The molecule has 0 fully saturated rings. The molecule has 0 bridgehead atoms. The smallest absolute Gasteiger partial charge is 0.333 e. The predicted octanol–water partition coefficient (Wildman–Crippen LogP) is 0.0354. The second-order valence-corrected chi connectivity index (χ2v) is 3.25. The van der Waals surface area contributed by atoms with Gasteiger partial charge in [-0.3, -0.25) is 9.36 Å². The first-order chi connectivity index (χ1) is 5.43. The van der Waals surface area contributed by atoms with E-state index in [2.05, 4.69) is 4.52 Å². The van der Waals surface area contributed by atoms with Crippen molar-refractivity contribution in [2.45, 2.75) is 12.5 Å². The minimum Gasteiger partial charge on any atom is -0.481 e. The maximum Gasteiger partial charge on any atom is 0.333 e. The number of carboxylic acids is 2. The van der Waals surface area contributed by atoms with Gasteiger partial charge >= 0.3 is 11.9 Å². The van der Waals surface area contributed by atoms with Crippen molar-refractivity contribution >= 4 is 20.0 Å². The Kier molecular flexibility index (Phi) is 4.54. The molecule has 0 heterocycles. The number of hydrogen-bond acceptors (Lipinski definition) is 4. The van der Waals surface area contributed by atoms with Gasteiger partial charge in [-0.1, -0.05) is 0 Å². The van der Waals surface area contributed by atoms with Crippen molar-refractivity contribution in [2.24, 2.45) is 0 Å². The fraction of sp³-hybridized carbons (Fsp3) is 0.600. The molecule has 0 amide bonds. The van der Waals surface area contributed by atoms with Crippen molar-refractivity contribution in [3.63, 3.8) is 0 Å². The number of aliphatic carboxylic acids is 2. The van der Waals surface area contributed by atoms with Crippen LogP contribution in [0.3, 0.4) is 0 Å². The minimum absolute atomic E-state index is 0.681. The molecule has 0 aromatic rings. The van der Waals surface area contributed by atoms with Gasteiger partial charge in [-0.05, 0) is 0 Å². The Morgan fingerprint density at radius 1 is 1.50 bits per heavy atom. The van der Waals surface area contributed by atoms with Crippen LogP contribution < -0.4 is 0 Å². The minimum atomic E-state index is -2.42. The molecule has 12 heavy (non-hydrogen) atoms. The van der Waals surface area contributed by atoms with E-state index in [1.165, 1.54) is 6.66 Å². The lowest BCUT2D eigenvalue weighted by Gasteiger charge is -2.07. The summed E-state index contributed by atoms with van der Waals surface area (Å²) in [4.78, 5) is 20.3. The van der Waals surface area contributed by atoms with Crippen LogP contribution in [0.15, 0.2) is 0 Å². The molecule has 0 saturated carbocycles. The van der Waals surface area contributed by atoms with Crippen LogP contribution in [0, 0.1) is 0 Å². The maximum absolute atomic E-state index is 10.4. The van der Waals surface area contributed by atoms with E-state index in [0.717, 1.165) is 0 Å². The van der Waals surface area contributed by atoms with Gasteiger partial charge in [0.05, 0.1) is 6.42 Å². The van der Waals surface area contributed by atoms with Crippen molar-refractivity contribution in [3.8, 4) is 0 Å². The fourth-order valence-corrected chi connectivity index (χ4v) is 1.12. The second-order valence-electron chi connectivity index (χ2n) is 2.03. The van der Waals surface area contributed by atoms with Crippen LogP contribution in [-0.2, 0) is 18.7 Å². The van der Waals surface area contributed by atoms with E-state index in [1.54, 1.807) is 0 Å². The molecule has 0 aliphatic rings. The molecule has 0 radical (unpaired) electrons. The average molecular weight is 196 g/mol. The topological polar surface area (TPSA) is 101 Å². The highest BCUT2D eigenvalue weighted by Gasteiger charge is 2.22. The van der Waals surface area contributed by atoms with Crippen LogP contribution in [0.2, 0.25) is 0 Å². The van der Waals surface area contributed by atoms with E-state index in [4.69, 9.17) is 10.2 Å². The molecule has 0 rings (SSSR count). The molecule has 2 unspecified atom stereocenters. The number of carbonyl (C=O) groups is 2. The van der Waals surface area contributed by atoms with Gasteiger partial charge in [0, 0.05) is 6.66 Å². The lowest BCUT2D eigenvalue weighted by atomic mass is 10.3. The Hall–Kier alpha value is -0.870. The van der Waals surface area contributed by atoms with Gasteiger partial charge in [-0.15, -0.1) is 0 Å². The molecule has 70 valence electrons. The van der Waals surface area contributed by atoms with Crippen molar-refractivity contribution in [2.75, 3.05) is 6.66 Å². The number of carboxylic acid groups (broad SMARTS) is 2. The van der Waals surface area contributed by atoms with Gasteiger partial charge in [-0.2, -0.15) is 0 Å². The molecular weight excluding hydrogens is 187 g/mol. The average Bonchev–Trinajstić information content (AvgIpc) is 1.83. The summed E-state index contributed by atoms with van der Waals surface area (Å²) < 4.78 is 14.8. The zero-order valence-corrected chi connectivity index (χ0v) is 7.31. The van der Waals surface area contributed by atoms with Crippen molar-refractivity contribution in [1.29, 1.82) is 0 Å². The summed E-state index contributed by atoms with van der Waals surface area (Å²) in [6.07, 6.45) is -2.20. The number of hydrogen-bond donors (Lipinski definition) is 2. The van der Waals surface area contributed by atoms with Crippen LogP contribution in [0.4, 0.5) is 0 Å². The summed E-state index contributed by atoms with van der Waals surface area (Å²) in [5.74, 6) is -2.72. The first-order valence-corrected chi connectivity index (χ1v) is 4.87. The first kappa shape index (κ1) is 11.1. The Bertz CT molecular complexity index is 196. The van der Waals surface area contributed by atoms with Gasteiger partial charge in [0.2, 0.25) is 0 Å². The van der Waals surface area contributed by atoms with Gasteiger partial charge in [0.1, 0.15) is 0 Å². The third-order valence-electron chi connectivity index (χ3n) is 0.944. The maximum atomic E-state index is 10.4. The zero-order valence-electron chi connectivity index (χ0n) is 6.31. The molecule has 0 aromatic heterocycles. The quantitative estimate of drug-likeness (QED) is 0.601. The van der Waals surface area contributed by atoms with Crippen molar-refractivity contribution in [3.05, 3.63) is 0 Å². The Labute approximate surface area is 69.0 Å². The van der Waals surface area contributed by atoms with E-state index in [9.17, 15) is 14.2 Å². The molecule has 0 aliphatic carbocycles. The molecule has 0 aliphatic heterocycles. The summed E-state index contributed by atoms with van der Waals surface area (Å²) >= 11 is 0. The van der Waals surface area contributed by atoms with Crippen LogP contribution in [0.1, 0.15) is 6.42 Å². The van der Waals surface area contributed by atoms with E-state index in [0.29, 0.717) is 0 Å². The standard InChI is InChI=1S/C5H9O6P/c1-12(10)11-3(5(8)9)2-4(6)7/h3,12H,2H2,1H3,(H,6,7)(H,8,9). The van der Waals surface area contributed by atoms with Crippen LogP contribution in [0.25, 0.3) is 0 Å². The Morgan fingerprint density at radius 3 is 2.25 bits per heavy atom. The summed E-state index contributed by atoms with van der Waals surface area (Å²) in [5.41, 5.74) is 0. The lowest BCUT2D eigenvalue weighted by molar-refractivity contribution is -0.151. The van der Waals surface area contributed by atoms with Crippen LogP contribution in [0.5, 0.6) is 0 Å². The summed E-state index contributed by atoms with van der Waals surface area (Å²) in [5, 5.41) is 16.6. The summed E-state index contributed by atoms with van der Waals surface area (Å²) in [7, 11) is -2.42. The molecule has 6 nitrogen and oxygen atoms in total. The van der Waals surface area contributed by atoms with Crippen LogP contribution in [-0.4, -0.2) is 34.9 Å². The molecule has 0 spiro atoms. The molecule has 7 heteroatoms. The van der Waals surface area contributed by atoms with E-state index < -0.39 is 32.5 Å². The lowest BCUT2D eigenvalue weighted by Crippen LogP contribution is -2.24. The SMILES string of the molecule is C[PH](=O)OC(CC(=O)O)C(=O)O. The molecule has 2 N–H and O–H groups in total. The summed E-state index contributed by atoms with van der Waals surface area (Å²) in [6.45, 7) is 1.20. The van der Waals surface area contributed by atoms with Crippen molar-refractivity contribution < 1.29 is 28.9 Å². The fourth-order valence-electron chi connectivity index (χ4n) is 0.538.